The summed E-state index contributed by atoms with van der Waals surface area (Å²) in [6, 6.07) is 6.62. The van der Waals surface area contributed by atoms with Gasteiger partial charge < -0.3 is 5.32 Å². The first-order chi connectivity index (χ1) is 6.27. The number of hydrogen-bond acceptors (Lipinski definition) is 2. The molecule has 0 bridgehead atoms. The molecule has 0 saturated heterocycles. The Labute approximate surface area is 83.2 Å². The molecular weight excluding hydrogens is 178 g/mol. The highest BCUT2D eigenvalue weighted by Gasteiger charge is 2.07. The minimum Gasteiger partial charge on any atom is -0.360 e. The first-order valence-electron chi connectivity index (χ1n) is 4.49. The van der Waals surface area contributed by atoms with Gasteiger partial charge in [-0.1, -0.05) is 31.7 Å². The number of anilines is 1. The van der Waals surface area contributed by atoms with Gasteiger partial charge in [-0.15, -0.1) is 0 Å². The first kappa shape index (κ1) is 8.70. The molecule has 68 valence electrons. The van der Waals surface area contributed by atoms with E-state index in [-0.39, 0.29) is 0 Å². The third-order valence-corrected chi connectivity index (χ3v) is 3.05. The molecule has 1 aromatic carbocycles. The minimum atomic E-state index is 0.600. The van der Waals surface area contributed by atoms with Gasteiger partial charge in [-0.2, -0.15) is 0 Å². The Bertz CT molecular complexity index is 342. The van der Waals surface area contributed by atoms with Gasteiger partial charge in [0.05, 0.1) is 5.69 Å². The molecule has 0 fully saturated rings. The van der Waals surface area contributed by atoms with E-state index in [2.05, 4.69) is 42.8 Å². The highest BCUT2D eigenvalue weighted by molar-refractivity contribution is 8.02. The molecule has 0 amide bonds. The average Bonchev–Trinajstić information content (AvgIpc) is 2.17. The predicted octanol–water partition coefficient (Wildman–Crippen LogP) is 3.80. The van der Waals surface area contributed by atoms with Crippen LogP contribution in [-0.2, 0) is 0 Å². The molecule has 2 heteroatoms. The molecule has 0 aliphatic carbocycles. The standard InChI is InChI=1S/C11H13NS/c1-8(2)9-3-4-11-10(7-9)12-5-6-13-11/h3-8,12H,1-2H3. The Morgan fingerprint density at radius 1 is 1.31 bits per heavy atom. The van der Waals surface area contributed by atoms with Crippen molar-refractivity contribution in [3.8, 4) is 0 Å². The van der Waals surface area contributed by atoms with E-state index in [1.807, 2.05) is 6.20 Å². The fraction of sp³-hybridized carbons (Fsp3) is 0.273. The smallest absolute Gasteiger partial charge is 0.0524 e. The zero-order chi connectivity index (χ0) is 9.26. The lowest BCUT2D eigenvalue weighted by molar-refractivity contribution is 0.865. The molecule has 0 saturated carbocycles. The number of hydrogen-bond donors (Lipinski definition) is 1. The van der Waals surface area contributed by atoms with Crippen LogP contribution < -0.4 is 5.32 Å². The number of nitrogens with one attached hydrogen (secondary N) is 1. The normalized spacial score (nSPS) is 14.1. The summed E-state index contributed by atoms with van der Waals surface area (Å²) in [5, 5.41) is 5.32. The van der Waals surface area contributed by atoms with E-state index >= 15 is 0 Å². The van der Waals surface area contributed by atoms with Crippen LogP contribution in [-0.4, -0.2) is 0 Å². The maximum atomic E-state index is 3.26. The summed E-state index contributed by atoms with van der Waals surface area (Å²) in [4.78, 5) is 1.31. The second-order valence-electron chi connectivity index (χ2n) is 3.48. The fourth-order valence-electron chi connectivity index (χ4n) is 1.35. The summed E-state index contributed by atoms with van der Waals surface area (Å²) < 4.78 is 0. The van der Waals surface area contributed by atoms with Crippen LogP contribution in [0.1, 0.15) is 25.3 Å². The summed E-state index contributed by atoms with van der Waals surface area (Å²) in [5.41, 5.74) is 2.63. The van der Waals surface area contributed by atoms with Crippen molar-refractivity contribution in [3.05, 3.63) is 35.4 Å². The summed E-state index contributed by atoms with van der Waals surface area (Å²) >= 11 is 1.77. The number of thioether (sulfide) groups is 1. The lowest BCUT2D eigenvalue weighted by Gasteiger charge is -2.14. The van der Waals surface area contributed by atoms with Gasteiger partial charge >= 0.3 is 0 Å². The van der Waals surface area contributed by atoms with E-state index in [4.69, 9.17) is 0 Å². The Balaban J connectivity index is 2.38. The molecule has 1 N–H and O–H groups in total. The maximum absolute atomic E-state index is 3.26. The Hall–Kier alpha value is -0.890. The molecule has 1 nitrogen and oxygen atoms in total. The predicted molar refractivity (Wildman–Crippen MR) is 59.2 cm³/mol. The largest absolute Gasteiger partial charge is 0.360 e. The lowest BCUT2D eigenvalue weighted by atomic mass is 10.0. The number of fused-ring (bicyclic) bond motifs is 1. The van der Waals surface area contributed by atoms with Crippen molar-refractivity contribution in [3.63, 3.8) is 0 Å². The SMILES string of the molecule is CC(C)c1ccc2c(c1)NC=CS2. The van der Waals surface area contributed by atoms with Crippen LogP contribution in [0.4, 0.5) is 5.69 Å². The average molecular weight is 191 g/mol. The van der Waals surface area contributed by atoms with Crippen molar-refractivity contribution in [2.24, 2.45) is 0 Å². The molecule has 0 spiro atoms. The molecule has 0 atom stereocenters. The molecule has 1 aliphatic heterocycles. The van der Waals surface area contributed by atoms with E-state index in [1.54, 1.807) is 11.8 Å². The second kappa shape index (κ2) is 3.46. The molecule has 1 aliphatic rings. The van der Waals surface area contributed by atoms with Gasteiger partial charge in [0.1, 0.15) is 0 Å². The highest BCUT2D eigenvalue weighted by Crippen LogP contribution is 2.33. The quantitative estimate of drug-likeness (QED) is 0.724. The van der Waals surface area contributed by atoms with Gasteiger partial charge in [-0.3, -0.25) is 0 Å². The van der Waals surface area contributed by atoms with Crippen molar-refractivity contribution in [2.75, 3.05) is 5.32 Å². The van der Waals surface area contributed by atoms with E-state index in [1.165, 1.54) is 16.1 Å². The van der Waals surface area contributed by atoms with Crippen LogP contribution in [0.3, 0.4) is 0 Å². The van der Waals surface area contributed by atoms with Crippen molar-refractivity contribution >= 4 is 17.4 Å². The Morgan fingerprint density at radius 2 is 2.15 bits per heavy atom. The van der Waals surface area contributed by atoms with Crippen LogP contribution in [0.25, 0.3) is 0 Å². The van der Waals surface area contributed by atoms with Crippen LogP contribution in [0, 0.1) is 0 Å². The van der Waals surface area contributed by atoms with Crippen LogP contribution in [0.5, 0.6) is 0 Å². The third-order valence-electron chi connectivity index (χ3n) is 2.17. The fourth-order valence-corrected chi connectivity index (χ4v) is 2.03. The van der Waals surface area contributed by atoms with E-state index in [0.29, 0.717) is 5.92 Å². The van der Waals surface area contributed by atoms with Crippen LogP contribution in [0.2, 0.25) is 0 Å². The van der Waals surface area contributed by atoms with Gasteiger partial charge in [0.15, 0.2) is 0 Å². The Kier molecular flexibility index (Phi) is 2.32. The summed E-state index contributed by atoms with van der Waals surface area (Å²) in [6.45, 7) is 4.43. The molecule has 2 rings (SSSR count). The summed E-state index contributed by atoms with van der Waals surface area (Å²) in [5.74, 6) is 0.600. The van der Waals surface area contributed by atoms with Gasteiger partial charge in [0, 0.05) is 11.1 Å². The molecule has 13 heavy (non-hydrogen) atoms. The zero-order valence-corrected chi connectivity index (χ0v) is 8.69. The van der Waals surface area contributed by atoms with Crippen LogP contribution >= 0.6 is 11.8 Å². The number of benzene rings is 1. The van der Waals surface area contributed by atoms with Crippen molar-refractivity contribution in [2.45, 2.75) is 24.7 Å². The molecule has 1 aromatic rings. The minimum absolute atomic E-state index is 0.600. The van der Waals surface area contributed by atoms with E-state index in [0.717, 1.165) is 0 Å². The molecule has 1 heterocycles. The second-order valence-corrected chi connectivity index (χ2v) is 4.42. The lowest BCUT2D eigenvalue weighted by Crippen LogP contribution is -1.96. The van der Waals surface area contributed by atoms with Crippen molar-refractivity contribution in [1.29, 1.82) is 0 Å². The summed E-state index contributed by atoms with van der Waals surface area (Å²) in [6.07, 6.45) is 1.98. The monoisotopic (exact) mass is 191 g/mol. The van der Waals surface area contributed by atoms with Gasteiger partial charge in [0.25, 0.3) is 0 Å². The number of rotatable bonds is 1. The molecule has 0 aromatic heterocycles. The van der Waals surface area contributed by atoms with Crippen LogP contribution in [0.15, 0.2) is 34.7 Å². The van der Waals surface area contributed by atoms with Gasteiger partial charge in [0.2, 0.25) is 0 Å². The first-order valence-corrected chi connectivity index (χ1v) is 5.37. The van der Waals surface area contributed by atoms with E-state index < -0.39 is 0 Å². The van der Waals surface area contributed by atoms with Gasteiger partial charge in [-0.25, -0.2) is 0 Å². The molecular formula is C11H13NS. The zero-order valence-electron chi connectivity index (χ0n) is 7.87. The van der Waals surface area contributed by atoms with Crippen molar-refractivity contribution in [1.82, 2.24) is 0 Å². The molecule has 0 radical (unpaired) electrons. The van der Waals surface area contributed by atoms with Gasteiger partial charge in [-0.05, 0) is 29.0 Å². The topological polar surface area (TPSA) is 12.0 Å². The van der Waals surface area contributed by atoms with E-state index in [9.17, 15) is 0 Å². The van der Waals surface area contributed by atoms with Crippen molar-refractivity contribution < 1.29 is 0 Å². The highest BCUT2D eigenvalue weighted by atomic mass is 32.2. The molecule has 0 unspecified atom stereocenters. The third kappa shape index (κ3) is 1.73. The summed E-state index contributed by atoms with van der Waals surface area (Å²) in [7, 11) is 0. The Morgan fingerprint density at radius 3 is 2.92 bits per heavy atom. The maximum Gasteiger partial charge on any atom is 0.0524 e.